The van der Waals surface area contributed by atoms with Gasteiger partial charge in [-0.3, -0.25) is 9.59 Å². The van der Waals surface area contributed by atoms with Gasteiger partial charge in [-0.05, 0) is 0 Å². The first kappa shape index (κ1) is 17.4. The molecule has 0 aromatic carbocycles. The van der Waals surface area contributed by atoms with Crippen LogP contribution in [-0.4, -0.2) is 20.0 Å². The summed E-state index contributed by atoms with van der Waals surface area (Å²) in [5.74, 6) is -1.46. The van der Waals surface area contributed by atoms with Crippen LogP contribution in [-0.2, 0) is 9.59 Å². The second-order valence-electron chi connectivity index (χ2n) is 1.91. The number of rotatable bonds is 0. The van der Waals surface area contributed by atoms with E-state index >= 15 is 0 Å². The summed E-state index contributed by atoms with van der Waals surface area (Å²) >= 11 is 21.5. The number of carbonyl (C=O) groups excluding carboxylic acids is 2. The van der Waals surface area contributed by atoms with Gasteiger partial charge in [0.15, 0.2) is 0 Å². The Balaban J connectivity index is 0. The van der Waals surface area contributed by atoms with E-state index in [0.717, 1.165) is 0 Å². The van der Waals surface area contributed by atoms with E-state index in [4.69, 9.17) is 46.4 Å². The first-order valence-corrected chi connectivity index (χ1v) is 4.18. The minimum Gasteiger partial charge on any atom is -0.286 e. The van der Waals surface area contributed by atoms with E-state index in [1.807, 2.05) is 0 Å². The zero-order chi connectivity index (χ0) is 9.46. The van der Waals surface area contributed by atoms with Crippen LogP contribution in [0.4, 0.5) is 0 Å². The van der Waals surface area contributed by atoms with Gasteiger partial charge in [0.05, 0.1) is 0 Å². The van der Waals surface area contributed by atoms with Crippen LogP contribution < -0.4 is 29.6 Å². The fraction of sp³-hybridized carbons (Fsp3) is 0. The van der Waals surface area contributed by atoms with Gasteiger partial charge in [0, 0.05) is 0 Å². The van der Waals surface area contributed by atoms with Gasteiger partial charge < -0.3 is 0 Å². The molecule has 0 N–H and O–H groups in total. The van der Waals surface area contributed by atoms with Crippen LogP contribution in [0, 0.1) is 0 Å². The number of halogens is 4. The fourth-order valence-electron chi connectivity index (χ4n) is 0.591. The van der Waals surface area contributed by atoms with Crippen molar-refractivity contribution in [3.8, 4) is 0 Å². The normalized spacial score (nSPS) is 16.6. The van der Waals surface area contributed by atoms with E-state index in [1.54, 1.807) is 0 Å². The van der Waals surface area contributed by atoms with Crippen LogP contribution in [0.15, 0.2) is 20.1 Å². The van der Waals surface area contributed by atoms with Gasteiger partial charge in [-0.25, -0.2) is 0 Å². The third kappa shape index (κ3) is 3.02. The number of hydrogen-bond donors (Lipinski definition) is 0. The van der Waals surface area contributed by atoms with Crippen LogP contribution in [0.2, 0.25) is 0 Å². The van der Waals surface area contributed by atoms with Gasteiger partial charge >= 0.3 is 29.6 Å². The Morgan fingerprint density at radius 2 is 0.786 bits per heavy atom. The number of hydrogen-bond acceptors (Lipinski definition) is 2. The second kappa shape index (κ2) is 6.59. The van der Waals surface area contributed by atoms with Crippen molar-refractivity contribution < 1.29 is 39.1 Å². The van der Waals surface area contributed by atoms with Crippen LogP contribution >= 0.6 is 46.4 Å². The summed E-state index contributed by atoms with van der Waals surface area (Å²) in [6, 6.07) is 0. The molecule has 14 heavy (non-hydrogen) atoms. The van der Waals surface area contributed by atoms with Crippen molar-refractivity contribution in [1.82, 2.24) is 0 Å². The van der Waals surface area contributed by atoms with E-state index < -0.39 is 31.7 Å². The molecule has 0 atom stereocenters. The average Bonchev–Trinajstić information content (AvgIpc) is 2.08. The first-order valence-electron chi connectivity index (χ1n) is 2.66. The molecule has 1 aliphatic carbocycles. The molecule has 0 heterocycles. The van der Waals surface area contributed by atoms with Gasteiger partial charge in [0.1, 0.15) is 20.1 Å². The molecule has 8 heteroatoms. The van der Waals surface area contributed by atoms with Crippen LogP contribution in [0.25, 0.3) is 0 Å². The quantitative estimate of drug-likeness (QED) is 0.383. The molecule has 0 saturated carbocycles. The third-order valence-corrected chi connectivity index (χ3v) is 2.82. The van der Waals surface area contributed by atoms with Gasteiger partial charge in [-0.1, -0.05) is 54.8 Å². The summed E-state index contributed by atoms with van der Waals surface area (Å²) in [4.78, 5) is 22.0. The van der Waals surface area contributed by atoms with Crippen molar-refractivity contribution in [2.75, 3.05) is 0 Å². The van der Waals surface area contributed by atoms with Crippen molar-refractivity contribution in [3.05, 3.63) is 20.1 Å². The van der Waals surface area contributed by atoms with Crippen molar-refractivity contribution in [3.63, 3.8) is 0 Å². The number of carbonyl (C=O) groups is 2. The van der Waals surface area contributed by atoms with E-state index in [-0.39, 0.29) is 38.0 Å². The standard InChI is InChI=1S/C6Cl4O2.BH4.Na/c7-1-2(8)6(12)4(10)3(9)5(1)11;;/h;1H4;/q;-1;+1. The average molecular weight is 284 g/mol. The van der Waals surface area contributed by atoms with E-state index in [0.29, 0.717) is 0 Å². The molecule has 0 saturated heterocycles. The molecule has 1 rings (SSSR count). The molecule has 0 bridgehead atoms. The molecule has 1 aliphatic rings. The van der Waals surface area contributed by atoms with Crippen LogP contribution in [0.5, 0.6) is 0 Å². The molecule has 72 valence electrons. The largest absolute Gasteiger partial charge is 1.00 e. The van der Waals surface area contributed by atoms with Crippen LogP contribution in [0.1, 0.15) is 0 Å². The SMILES string of the molecule is O=C1C(Cl)=C(Cl)C(=O)C(Cl)=C1Cl.[BH4-].[Na+]. The molecule has 0 fully saturated rings. The third-order valence-electron chi connectivity index (χ3n) is 1.18. The molecule has 0 aromatic heterocycles. The molecule has 0 radical (unpaired) electrons. The second-order valence-corrected chi connectivity index (χ2v) is 3.43. The minimum atomic E-state index is -0.729. The Morgan fingerprint density at radius 1 is 0.643 bits per heavy atom. The maximum Gasteiger partial charge on any atom is 1.00 e. The predicted octanol–water partition coefficient (Wildman–Crippen LogP) is -1.93. The summed E-state index contributed by atoms with van der Waals surface area (Å²) < 4.78 is 0. The molecule has 0 aliphatic heterocycles. The molecule has 2 nitrogen and oxygen atoms in total. The Labute approximate surface area is 124 Å². The zero-order valence-corrected chi connectivity index (χ0v) is 11.4. The molecular weight excluding hydrogens is 280 g/mol. The maximum absolute atomic E-state index is 11.0. The molecular formula is C6H4BCl4NaO2. The predicted molar refractivity (Wildman–Crippen MR) is 58.8 cm³/mol. The summed E-state index contributed by atoms with van der Waals surface area (Å²) in [5, 5.41) is -1.57. The molecule has 0 aromatic rings. The van der Waals surface area contributed by atoms with Crippen LogP contribution in [0.3, 0.4) is 0 Å². The van der Waals surface area contributed by atoms with E-state index in [2.05, 4.69) is 0 Å². The Morgan fingerprint density at radius 3 is 0.929 bits per heavy atom. The molecule has 0 amide bonds. The van der Waals surface area contributed by atoms with Crippen molar-refractivity contribution >= 4 is 66.4 Å². The van der Waals surface area contributed by atoms with Crippen molar-refractivity contribution in [2.24, 2.45) is 0 Å². The maximum atomic E-state index is 11.0. The van der Waals surface area contributed by atoms with Gasteiger partial charge in [-0.2, -0.15) is 0 Å². The molecule has 0 spiro atoms. The Kier molecular flexibility index (Phi) is 8.21. The van der Waals surface area contributed by atoms with Crippen molar-refractivity contribution in [1.29, 1.82) is 0 Å². The number of allylic oxidation sites excluding steroid dienone is 4. The Bertz CT molecular complexity index is 288. The summed E-state index contributed by atoms with van der Waals surface area (Å²) in [6.07, 6.45) is 0. The number of Topliss-reactive ketones (excluding diaryl/α,β-unsaturated/α-hetero) is 2. The summed E-state index contributed by atoms with van der Waals surface area (Å²) in [5.41, 5.74) is 0. The Hall–Kier alpha value is 1.04. The van der Waals surface area contributed by atoms with Gasteiger partial charge in [-0.15, -0.1) is 0 Å². The number of ketones is 2. The van der Waals surface area contributed by atoms with E-state index in [9.17, 15) is 9.59 Å². The van der Waals surface area contributed by atoms with Crippen molar-refractivity contribution in [2.45, 2.75) is 0 Å². The van der Waals surface area contributed by atoms with Gasteiger partial charge in [0.2, 0.25) is 11.6 Å². The first-order chi connectivity index (χ1) is 5.46. The smallest absolute Gasteiger partial charge is 0.286 e. The van der Waals surface area contributed by atoms with Gasteiger partial charge in [0.25, 0.3) is 0 Å². The fourth-order valence-corrected chi connectivity index (χ4v) is 1.41. The monoisotopic (exact) mass is 282 g/mol. The minimum absolute atomic E-state index is 0. The van der Waals surface area contributed by atoms with E-state index in [1.165, 1.54) is 0 Å². The zero-order valence-electron chi connectivity index (χ0n) is 6.33. The summed E-state index contributed by atoms with van der Waals surface area (Å²) in [6.45, 7) is 0. The topological polar surface area (TPSA) is 34.1 Å². The molecule has 0 unspecified atom stereocenters. The summed E-state index contributed by atoms with van der Waals surface area (Å²) in [7, 11) is 0.